The van der Waals surface area contributed by atoms with E-state index in [1.807, 2.05) is 42.6 Å². The van der Waals surface area contributed by atoms with Gasteiger partial charge in [0.15, 0.2) is 0 Å². The molecule has 0 fully saturated rings. The van der Waals surface area contributed by atoms with E-state index in [0.717, 1.165) is 127 Å². The average molecular weight is 1250 g/mol. The molecule has 0 unspecified atom stereocenters. The highest BCUT2D eigenvalue weighted by molar-refractivity contribution is 6.29. The van der Waals surface area contributed by atoms with Crippen LogP contribution in [0.4, 0.5) is 0 Å². The molecule has 0 aliphatic carbocycles. The molecule has 5 heterocycles. The Bertz CT molecular complexity index is 6670. The number of para-hydroxylation sites is 4. The van der Waals surface area contributed by atoms with Crippen molar-refractivity contribution in [3.63, 3.8) is 0 Å². The maximum absolute atomic E-state index is 6.79. The summed E-state index contributed by atoms with van der Waals surface area (Å²) >= 11 is 0. The molecule has 0 bridgehead atoms. The second-order valence-corrected chi connectivity index (χ2v) is 25.4. The van der Waals surface area contributed by atoms with E-state index in [-0.39, 0.29) is 0 Å². The molecule has 0 amide bonds. The first-order valence-electron chi connectivity index (χ1n) is 33.3. The van der Waals surface area contributed by atoms with Gasteiger partial charge in [-0.05, 0) is 171 Å². The van der Waals surface area contributed by atoms with Gasteiger partial charge in [-0.1, -0.05) is 255 Å². The molecule has 5 heteroatoms. The smallest absolute Gasteiger partial charge is 0.143 e. The van der Waals surface area contributed by atoms with Gasteiger partial charge in [0.25, 0.3) is 0 Å². The third kappa shape index (κ3) is 8.70. The van der Waals surface area contributed by atoms with Crippen LogP contribution in [0.3, 0.4) is 0 Å². The SMILES string of the molecule is c1ccc(-c2ccc(-c3ccc(-c4c5ccccc5c(-c5ccc6c(c5)oc5ccccc56)c5ccccc45)c4c3oc3ccccc34)cc2)cc1.c1cncc(-c2ccc(-c3c4ccccc4c(-c4ccc5oc6ccccc6c5c4)c4ccccc34)c3c2oc2ccccc23)c1. The third-order valence-electron chi connectivity index (χ3n) is 20.1. The Kier molecular flexibility index (Phi) is 12.6. The predicted octanol–water partition coefficient (Wildman–Crippen LogP) is 26.6. The van der Waals surface area contributed by atoms with Crippen LogP contribution in [0.25, 0.3) is 209 Å². The second-order valence-electron chi connectivity index (χ2n) is 25.4. The van der Waals surface area contributed by atoms with Gasteiger partial charge in [-0.25, -0.2) is 0 Å². The number of hydrogen-bond donors (Lipinski definition) is 0. The Labute approximate surface area is 561 Å². The number of furan rings is 4. The molecule has 0 saturated heterocycles. The zero-order chi connectivity index (χ0) is 64.4. The van der Waals surface area contributed by atoms with Crippen molar-refractivity contribution in [2.75, 3.05) is 0 Å². The molecule has 0 spiro atoms. The van der Waals surface area contributed by atoms with Crippen LogP contribution in [-0.4, -0.2) is 4.98 Å². The molecule has 5 nitrogen and oxygen atoms in total. The summed E-state index contributed by atoms with van der Waals surface area (Å²) in [6.07, 6.45) is 3.71. The van der Waals surface area contributed by atoms with E-state index in [1.54, 1.807) is 6.20 Å². The molecule has 0 radical (unpaired) electrons. The normalized spacial score (nSPS) is 11.9. The number of aromatic nitrogens is 1. The molecular weight excluding hydrogens is 1200 g/mol. The number of pyridine rings is 1. The first-order valence-corrected chi connectivity index (χ1v) is 33.3. The van der Waals surface area contributed by atoms with Crippen molar-refractivity contribution < 1.29 is 17.7 Å². The largest absolute Gasteiger partial charge is 0.456 e. The van der Waals surface area contributed by atoms with Crippen molar-refractivity contribution in [2.24, 2.45) is 0 Å². The second kappa shape index (κ2) is 22.3. The Morgan fingerprint density at radius 2 is 0.520 bits per heavy atom. The summed E-state index contributed by atoms with van der Waals surface area (Å²) in [5.74, 6) is 0. The molecule has 456 valence electrons. The van der Waals surface area contributed by atoms with Gasteiger partial charge in [0, 0.05) is 72.2 Å². The number of benzene rings is 16. The highest BCUT2D eigenvalue weighted by atomic mass is 16.3. The summed E-state index contributed by atoms with van der Waals surface area (Å²) in [5, 5.41) is 18.6. The summed E-state index contributed by atoms with van der Waals surface area (Å²) in [5.41, 5.74) is 23.3. The van der Waals surface area contributed by atoms with Crippen LogP contribution >= 0.6 is 0 Å². The fourth-order valence-electron chi connectivity index (χ4n) is 15.7. The average Bonchev–Trinajstić information content (AvgIpc) is 1.21. The Hall–Kier alpha value is -13.1. The van der Waals surface area contributed by atoms with Crippen LogP contribution in [0.5, 0.6) is 0 Å². The van der Waals surface area contributed by atoms with Gasteiger partial charge in [0.05, 0.1) is 0 Å². The van der Waals surface area contributed by atoms with E-state index in [1.165, 1.54) is 82.0 Å². The Morgan fingerprint density at radius 1 is 0.184 bits per heavy atom. The first-order chi connectivity index (χ1) is 48.6. The summed E-state index contributed by atoms with van der Waals surface area (Å²) < 4.78 is 26.0. The van der Waals surface area contributed by atoms with Gasteiger partial charge in [-0.3, -0.25) is 4.98 Å². The van der Waals surface area contributed by atoms with Gasteiger partial charge in [0.1, 0.15) is 44.7 Å². The topological polar surface area (TPSA) is 65.5 Å². The molecule has 16 aromatic carbocycles. The van der Waals surface area contributed by atoms with Crippen molar-refractivity contribution in [2.45, 2.75) is 0 Å². The van der Waals surface area contributed by atoms with Gasteiger partial charge in [0.2, 0.25) is 0 Å². The van der Waals surface area contributed by atoms with Crippen molar-refractivity contribution in [1.82, 2.24) is 4.98 Å². The number of nitrogens with zero attached hydrogens (tertiary/aromatic N) is 1. The standard InChI is InChI=1S/C50H30O2.C43H25NO2/c1-2-12-31(13-3-1)32-22-24-33(25-23-32)35-28-29-43(49-42-19-9-11-21-45(42)52-50(35)49)48-40-17-6-4-15-38(40)47(39-16-5-7-18-41(39)48)34-26-27-37-36-14-8-10-20-44(36)51-46(37)30-34;1-3-14-32-30(12-1)40(26-19-22-39-36(24-26)29-11-5-7-17-37(29)45-39)31-13-2-4-15-33(31)41(32)35-21-20-28(27-10-9-23-44-25-27)43-42(35)34-16-6-8-18-38(34)46-43/h1-30H;1-25H. The zero-order valence-corrected chi connectivity index (χ0v) is 52.8. The lowest BCUT2D eigenvalue weighted by Crippen LogP contribution is -1.92. The van der Waals surface area contributed by atoms with Crippen LogP contribution in [0.1, 0.15) is 0 Å². The predicted molar refractivity (Wildman–Crippen MR) is 408 cm³/mol. The monoisotopic (exact) mass is 1250 g/mol. The molecule has 5 aromatic heterocycles. The lowest BCUT2D eigenvalue weighted by molar-refractivity contribution is 0.668. The summed E-state index contributed by atoms with van der Waals surface area (Å²) in [6, 6.07) is 114. The Balaban J connectivity index is 0.000000134. The number of hydrogen-bond acceptors (Lipinski definition) is 5. The maximum atomic E-state index is 6.79. The first kappa shape index (κ1) is 55.4. The van der Waals surface area contributed by atoms with E-state index < -0.39 is 0 Å². The van der Waals surface area contributed by atoms with Gasteiger partial charge in [-0.2, -0.15) is 0 Å². The van der Waals surface area contributed by atoms with Crippen LogP contribution in [0.15, 0.2) is 352 Å². The van der Waals surface area contributed by atoms with Crippen molar-refractivity contribution in [1.29, 1.82) is 0 Å². The van der Waals surface area contributed by atoms with Gasteiger partial charge >= 0.3 is 0 Å². The van der Waals surface area contributed by atoms with Crippen LogP contribution < -0.4 is 0 Å². The lowest BCUT2D eigenvalue weighted by Gasteiger charge is -2.18. The van der Waals surface area contributed by atoms with E-state index in [0.29, 0.717) is 0 Å². The molecule has 0 saturated carbocycles. The number of fused-ring (bicyclic) bond motifs is 16. The fourth-order valence-corrected chi connectivity index (χ4v) is 15.7. The molecule has 0 N–H and O–H groups in total. The summed E-state index contributed by atoms with van der Waals surface area (Å²) in [6.45, 7) is 0. The zero-order valence-electron chi connectivity index (χ0n) is 52.8. The summed E-state index contributed by atoms with van der Waals surface area (Å²) in [7, 11) is 0. The molecular formula is C93H55NO4. The van der Waals surface area contributed by atoms with Gasteiger partial charge in [-0.15, -0.1) is 0 Å². The molecule has 0 atom stereocenters. The molecule has 0 aliphatic rings. The molecule has 0 aliphatic heterocycles. The van der Waals surface area contributed by atoms with Crippen molar-refractivity contribution in [3.05, 3.63) is 334 Å². The highest BCUT2D eigenvalue weighted by Crippen LogP contribution is 2.52. The minimum Gasteiger partial charge on any atom is -0.456 e. The van der Waals surface area contributed by atoms with E-state index in [2.05, 4.69) is 290 Å². The summed E-state index contributed by atoms with van der Waals surface area (Å²) in [4.78, 5) is 4.41. The van der Waals surface area contributed by atoms with Crippen LogP contribution in [0, 0.1) is 0 Å². The maximum Gasteiger partial charge on any atom is 0.143 e. The molecule has 21 aromatic rings. The van der Waals surface area contributed by atoms with Crippen molar-refractivity contribution >= 4 is 131 Å². The van der Waals surface area contributed by atoms with E-state index in [9.17, 15) is 0 Å². The minimum absolute atomic E-state index is 0.876. The van der Waals surface area contributed by atoms with Crippen molar-refractivity contribution in [3.8, 4) is 77.9 Å². The lowest BCUT2D eigenvalue weighted by atomic mass is 9.84. The Morgan fingerprint density at radius 3 is 1.02 bits per heavy atom. The van der Waals surface area contributed by atoms with Gasteiger partial charge < -0.3 is 17.7 Å². The van der Waals surface area contributed by atoms with Crippen LogP contribution in [-0.2, 0) is 0 Å². The third-order valence-corrected chi connectivity index (χ3v) is 20.1. The highest BCUT2D eigenvalue weighted by Gasteiger charge is 2.26. The van der Waals surface area contributed by atoms with Crippen LogP contribution in [0.2, 0.25) is 0 Å². The minimum atomic E-state index is 0.876. The molecule has 21 rings (SSSR count). The number of rotatable bonds is 7. The van der Waals surface area contributed by atoms with E-state index in [4.69, 9.17) is 17.7 Å². The van der Waals surface area contributed by atoms with E-state index >= 15 is 0 Å². The quantitative estimate of drug-likeness (QED) is 0.149. The fraction of sp³-hybridized carbons (Fsp3) is 0. The molecule has 98 heavy (non-hydrogen) atoms.